The Labute approximate surface area is 127 Å². The van der Waals surface area contributed by atoms with E-state index in [9.17, 15) is 9.59 Å². The molecule has 0 aliphatic heterocycles. The van der Waals surface area contributed by atoms with Crippen LogP contribution in [0.3, 0.4) is 0 Å². The van der Waals surface area contributed by atoms with Crippen molar-refractivity contribution < 1.29 is 10.0 Å². The SMILES string of the molecule is N#Cc1c(Cc2cccs2)nc(SCC(=O)NO)[nH]c1=O. The van der Waals surface area contributed by atoms with Crippen LogP contribution in [0, 0.1) is 11.3 Å². The van der Waals surface area contributed by atoms with Gasteiger partial charge < -0.3 is 4.98 Å². The number of aromatic nitrogens is 2. The third-order valence-corrected chi connectivity index (χ3v) is 4.22. The van der Waals surface area contributed by atoms with Gasteiger partial charge in [0.05, 0.1) is 11.4 Å². The second-order valence-corrected chi connectivity index (χ2v) is 5.88. The van der Waals surface area contributed by atoms with Crippen LogP contribution in [0.2, 0.25) is 0 Å². The number of nitriles is 1. The third kappa shape index (κ3) is 3.91. The number of hydrogen-bond acceptors (Lipinski definition) is 7. The van der Waals surface area contributed by atoms with E-state index in [1.807, 2.05) is 23.6 Å². The van der Waals surface area contributed by atoms with Crippen molar-refractivity contribution in [3.05, 3.63) is 44.0 Å². The Kier molecular flexibility index (Phi) is 5.10. The van der Waals surface area contributed by atoms with Gasteiger partial charge in [0.25, 0.3) is 11.5 Å². The molecule has 0 spiro atoms. The van der Waals surface area contributed by atoms with Gasteiger partial charge in [-0.15, -0.1) is 11.3 Å². The zero-order valence-corrected chi connectivity index (χ0v) is 12.3. The monoisotopic (exact) mass is 322 g/mol. The lowest BCUT2D eigenvalue weighted by molar-refractivity contribution is -0.126. The Bertz CT molecular complexity index is 734. The zero-order chi connectivity index (χ0) is 15.2. The molecule has 2 aromatic heterocycles. The van der Waals surface area contributed by atoms with Crippen molar-refractivity contribution >= 4 is 29.0 Å². The predicted molar refractivity (Wildman–Crippen MR) is 77.4 cm³/mol. The maximum Gasteiger partial charge on any atom is 0.269 e. The number of hydrogen-bond donors (Lipinski definition) is 3. The highest BCUT2D eigenvalue weighted by Gasteiger charge is 2.13. The van der Waals surface area contributed by atoms with Gasteiger partial charge in [-0.3, -0.25) is 14.8 Å². The molecule has 2 aromatic rings. The number of hydroxylamine groups is 1. The first-order valence-corrected chi connectivity index (χ1v) is 7.62. The fraction of sp³-hybridized carbons (Fsp3) is 0.167. The van der Waals surface area contributed by atoms with Crippen molar-refractivity contribution in [2.75, 3.05) is 5.75 Å². The maximum atomic E-state index is 11.9. The van der Waals surface area contributed by atoms with Crippen molar-refractivity contribution in [2.24, 2.45) is 0 Å². The second kappa shape index (κ2) is 7.03. The van der Waals surface area contributed by atoms with Crippen LogP contribution in [0.5, 0.6) is 0 Å². The van der Waals surface area contributed by atoms with E-state index >= 15 is 0 Å². The van der Waals surface area contributed by atoms with E-state index in [1.165, 1.54) is 16.8 Å². The van der Waals surface area contributed by atoms with Gasteiger partial charge in [-0.2, -0.15) is 5.26 Å². The van der Waals surface area contributed by atoms with E-state index in [0.29, 0.717) is 12.1 Å². The lowest BCUT2D eigenvalue weighted by atomic mass is 10.2. The van der Waals surface area contributed by atoms with Crippen LogP contribution >= 0.6 is 23.1 Å². The van der Waals surface area contributed by atoms with Crippen LogP contribution in [-0.4, -0.2) is 26.8 Å². The minimum Gasteiger partial charge on any atom is -0.300 e. The number of amides is 1. The Morgan fingerprint density at radius 2 is 2.43 bits per heavy atom. The van der Waals surface area contributed by atoms with E-state index in [0.717, 1.165) is 16.6 Å². The maximum absolute atomic E-state index is 11.9. The molecular weight excluding hydrogens is 312 g/mol. The molecule has 0 aliphatic carbocycles. The average Bonchev–Trinajstić information content (AvgIpc) is 2.97. The summed E-state index contributed by atoms with van der Waals surface area (Å²) in [6.07, 6.45) is 0.379. The van der Waals surface area contributed by atoms with Gasteiger partial charge in [0.15, 0.2) is 5.16 Å². The number of thioether (sulfide) groups is 1. The molecule has 0 fully saturated rings. The number of carbonyl (C=O) groups excluding carboxylic acids is 1. The minimum atomic E-state index is -0.605. The number of thiophene rings is 1. The van der Waals surface area contributed by atoms with Crippen molar-refractivity contribution in [1.82, 2.24) is 15.4 Å². The summed E-state index contributed by atoms with van der Waals surface area (Å²) in [5.41, 5.74) is 1.30. The normalized spacial score (nSPS) is 10.1. The van der Waals surface area contributed by atoms with Gasteiger partial charge in [-0.05, 0) is 11.4 Å². The fourth-order valence-corrected chi connectivity index (χ4v) is 2.93. The first-order chi connectivity index (χ1) is 10.1. The van der Waals surface area contributed by atoms with Crippen LogP contribution in [0.4, 0.5) is 0 Å². The Morgan fingerprint density at radius 3 is 3.05 bits per heavy atom. The van der Waals surface area contributed by atoms with Gasteiger partial charge in [0, 0.05) is 11.3 Å². The van der Waals surface area contributed by atoms with Crippen LogP contribution in [0.15, 0.2) is 27.5 Å². The van der Waals surface area contributed by atoms with Gasteiger partial charge in [0.2, 0.25) is 0 Å². The van der Waals surface area contributed by atoms with E-state index in [-0.39, 0.29) is 16.5 Å². The van der Waals surface area contributed by atoms with Crippen LogP contribution in [0.1, 0.15) is 16.1 Å². The van der Waals surface area contributed by atoms with Gasteiger partial charge >= 0.3 is 0 Å². The molecule has 0 atom stereocenters. The molecule has 3 N–H and O–H groups in total. The summed E-state index contributed by atoms with van der Waals surface area (Å²) < 4.78 is 0. The summed E-state index contributed by atoms with van der Waals surface area (Å²) in [5.74, 6) is -0.698. The van der Waals surface area contributed by atoms with E-state index in [1.54, 1.807) is 0 Å². The summed E-state index contributed by atoms with van der Waals surface area (Å²) in [7, 11) is 0. The second-order valence-electron chi connectivity index (χ2n) is 3.88. The number of nitrogens with zero attached hydrogens (tertiary/aromatic N) is 2. The molecule has 21 heavy (non-hydrogen) atoms. The molecule has 0 saturated heterocycles. The standard InChI is InChI=1S/C12H10N4O3S2/c13-5-8-9(4-7-2-1-3-20-7)14-12(15-11(8)18)21-6-10(17)16-19/h1-3,19H,4,6H2,(H,16,17)(H,14,15,18). The molecule has 9 heteroatoms. The Hall–Kier alpha value is -2.15. The average molecular weight is 322 g/mol. The fourth-order valence-electron chi connectivity index (χ4n) is 1.55. The number of nitrogens with one attached hydrogen (secondary N) is 2. The first kappa shape index (κ1) is 15.2. The number of H-pyrrole nitrogens is 1. The van der Waals surface area contributed by atoms with E-state index in [2.05, 4.69) is 9.97 Å². The largest absolute Gasteiger partial charge is 0.300 e. The van der Waals surface area contributed by atoms with Crippen LogP contribution < -0.4 is 11.0 Å². The van der Waals surface area contributed by atoms with Gasteiger partial charge in [-0.25, -0.2) is 10.5 Å². The van der Waals surface area contributed by atoms with Crippen molar-refractivity contribution in [3.8, 4) is 6.07 Å². The van der Waals surface area contributed by atoms with Crippen LogP contribution in [0.25, 0.3) is 0 Å². The molecule has 2 heterocycles. The predicted octanol–water partition coefficient (Wildman–Crippen LogP) is 0.891. The van der Waals surface area contributed by atoms with E-state index in [4.69, 9.17) is 10.5 Å². The summed E-state index contributed by atoms with van der Waals surface area (Å²) in [5, 5.41) is 19.6. The summed E-state index contributed by atoms with van der Waals surface area (Å²) >= 11 is 2.47. The lowest BCUT2D eigenvalue weighted by Crippen LogP contribution is -2.22. The molecule has 0 saturated carbocycles. The summed E-state index contributed by atoms with van der Waals surface area (Å²) in [4.78, 5) is 30.5. The molecule has 0 aromatic carbocycles. The summed E-state index contributed by atoms with van der Waals surface area (Å²) in [6.45, 7) is 0. The number of aromatic amines is 1. The first-order valence-electron chi connectivity index (χ1n) is 5.75. The highest BCUT2D eigenvalue weighted by atomic mass is 32.2. The molecule has 0 aliphatic rings. The number of rotatable bonds is 5. The third-order valence-electron chi connectivity index (χ3n) is 2.47. The van der Waals surface area contributed by atoms with E-state index < -0.39 is 11.5 Å². The highest BCUT2D eigenvalue weighted by molar-refractivity contribution is 7.99. The number of carbonyl (C=O) groups is 1. The van der Waals surface area contributed by atoms with Crippen molar-refractivity contribution in [2.45, 2.75) is 11.6 Å². The molecule has 108 valence electrons. The molecule has 7 nitrogen and oxygen atoms in total. The molecule has 0 radical (unpaired) electrons. The van der Waals surface area contributed by atoms with Crippen LogP contribution in [-0.2, 0) is 11.2 Å². The molecule has 0 bridgehead atoms. The summed E-state index contributed by atoms with van der Waals surface area (Å²) in [6, 6.07) is 5.61. The zero-order valence-electron chi connectivity index (χ0n) is 10.6. The highest BCUT2D eigenvalue weighted by Crippen LogP contribution is 2.17. The molecule has 1 amide bonds. The topological polar surface area (TPSA) is 119 Å². The molecule has 2 rings (SSSR count). The lowest BCUT2D eigenvalue weighted by Gasteiger charge is -2.05. The molecule has 0 unspecified atom stereocenters. The molecular formula is C12H10N4O3S2. The minimum absolute atomic E-state index is 0.0284. The van der Waals surface area contributed by atoms with Crippen molar-refractivity contribution in [1.29, 1.82) is 5.26 Å². The Morgan fingerprint density at radius 1 is 1.62 bits per heavy atom. The smallest absolute Gasteiger partial charge is 0.269 e. The van der Waals surface area contributed by atoms with Gasteiger partial charge in [-0.1, -0.05) is 17.8 Å². The quantitative estimate of drug-likeness (QED) is 0.325. The Balaban J connectivity index is 2.29. The van der Waals surface area contributed by atoms with Gasteiger partial charge in [0.1, 0.15) is 11.6 Å². The van der Waals surface area contributed by atoms with Crippen molar-refractivity contribution in [3.63, 3.8) is 0 Å².